The number of benzene rings is 3. The maximum Gasteiger partial charge on any atom is 0.248 e. The Bertz CT molecular complexity index is 1200. The van der Waals surface area contributed by atoms with Crippen LogP contribution in [0.15, 0.2) is 81.7 Å². The van der Waals surface area contributed by atoms with E-state index in [1.165, 1.54) is 6.08 Å². The number of nitrogens with one attached hydrogen (secondary N) is 1. The van der Waals surface area contributed by atoms with Crippen LogP contribution in [0.5, 0.6) is 5.75 Å². The largest absolute Gasteiger partial charge is 0.497 e. The van der Waals surface area contributed by atoms with Crippen LogP contribution in [-0.2, 0) is 4.79 Å². The van der Waals surface area contributed by atoms with Crippen LogP contribution in [0.1, 0.15) is 5.56 Å². The van der Waals surface area contributed by atoms with Gasteiger partial charge in [-0.25, -0.2) is 4.98 Å². The number of aromatic nitrogens is 1. The molecule has 0 aliphatic rings. The predicted octanol–water partition coefficient (Wildman–Crippen LogP) is 5.92. The van der Waals surface area contributed by atoms with E-state index in [0.717, 1.165) is 21.3 Å². The third-order valence-electron chi connectivity index (χ3n) is 4.30. The first-order valence-electron chi connectivity index (χ1n) is 8.91. The highest BCUT2D eigenvalue weighted by atomic mass is 79.9. The fraction of sp³-hybridized carbons (Fsp3) is 0.0435. The highest BCUT2D eigenvalue weighted by molar-refractivity contribution is 9.10. The van der Waals surface area contributed by atoms with E-state index in [1.807, 2.05) is 48.5 Å². The average molecular weight is 449 g/mol. The molecule has 0 atom stereocenters. The van der Waals surface area contributed by atoms with Crippen molar-refractivity contribution >= 4 is 44.7 Å². The van der Waals surface area contributed by atoms with Crippen molar-refractivity contribution < 1.29 is 13.9 Å². The van der Waals surface area contributed by atoms with E-state index in [0.29, 0.717) is 22.7 Å². The molecule has 6 heteroatoms. The molecule has 1 heterocycles. The molecule has 29 heavy (non-hydrogen) atoms. The summed E-state index contributed by atoms with van der Waals surface area (Å²) < 4.78 is 11.9. The van der Waals surface area contributed by atoms with E-state index >= 15 is 0 Å². The SMILES string of the molecule is COc1ccc(C=CC(=O)Nc2ccc3oc(-c4ccccc4Br)nc3c2)cc1. The van der Waals surface area contributed by atoms with Gasteiger partial charge in [-0.1, -0.05) is 24.3 Å². The molecule has 0 spiro atoms. The number of carbonyl (C=O) groups is 1. The number of methoxy groups -OCH3 is 1. The van der Waals surface area contributed by atoms with E-state index in [4.69, 9.17) is 9.15 Å². The summed E-state index contributed by atoms with van der Waals surface area (Å²) in [5.41, 5.74) is 3.76. The van der Waals surface area contributed by atoms with Gasteiger partial charge in [0, 0.05) is 16.2 Å². The third kappa shape index (κ3) is 4.38. The number of rotatable bonds is 5. The second-order valence-corrected chi connectivity index (χ2v) is 7.13. The molecule has 0 fully saturated rings. The van der Waals surface area contributed by atoms with Crippen molar-refractivity contribution in [3.63, 3.8) is 0 Å². The molecule has 5 nitrogen and oxygen atoms in total. The monoisotopic (exact) mass is 448 g/mol. The van der Waals surface area contributed by atoms with Crippen LogP contribution in [0.2, 0.25) is 0 Å². The molecule has 4 aromatic rings. The number of ether oxygens (including phenoxy) is 1. The number of halogens is 1. The van der Waals surface area contributed by atoms with Crippen molar-refractivity contribution in [2.75, 3.05) is 12.4 Å². The third-order valence-corrected chi connectivity index (χ3v) is 4.99. The highest BCUT2D eigenvalue weighted by Gasteiger charge is 2.11. The molecule has 0 aliphatic carbocycles. The standard InChI is InChI=1S/C23H17BrN2O3/c1-28-17-10-6-15(7-11-17)8-13-22(27)25-16-9-12-21-20(14-16)26-23(29-21)18-4-2-3-5-19(18)24/h2-14H,1H3,(H,25,27). The zero-order valence-corrected chi connectivity index (χ0v) is 17.1. The normalized spacial score (nSPS) is 11.1. The van der Waals surface area contributed by atoms with Gasteiger partial charge in [-0.05, 0) is 70.0 Å². The van der Waals surface area contributed by atoms with Crippen molar-refractivity contribution in [2.24, 2.45) is 0 Å². The van der Waals surface area contributed by atoms with E-state index < -0.39 is 0 Å². The summed E-state index contributed by atoms with van der Waals surface area (Å²) in [4.78, 5) is 16.8. The van der Waals surface area contributed by atoms with Gasteiger partial charge < -0.3 is 14.5 Å². The number of hydrogen-bond donors (Lipinski definition) is 1. The lowest BCUT2D eigenvalue weighted by Gasteiger charge is -2.02. The van der Waals surface area contributed by atoms with Gasteiger partial charge in [-0.3, -0.25) is 4.79 Å². The first-order valence-corrected chi connectivity index (χ1v) is 9.70. The highest BCUT2D eigenvalue weighted by Crippen LogP contribution is 2.30. The van der Waals surface area contributed by atoms with Gasteiger partial charge >= 0.3 is 0 Å². The molecule has 0 saturated heterocycles. The first kappa shape index (κ1) is 19.0. The van der Waals surface area contributed by atoms with Crippen molar-refractivity contribution in [2.45, 2.75) is 0 Å². The van der Waals surface area contributed by atoms with E-state index in [2.05, 4.69) is 26.2 Å². The Morgan fingerprint density at radius 3 is 2.66 bits per heavy atom. The van der Waals surface area contributed by atoms with Gasteiger partial charge in [-0.2, -0.15) is 0 Å². The quantitative estimate of drug-likeness (QED) is 0.385. The van der Waals surface area contributed by atoms with Gasteiger partial charge in [-0.15, -0.1) is 0 Å². The van der Waals surface area contributed by atoms with Crippen LogP contribution in [0.25, 0.3) is 28.6 Å². The Morgan fingerprint density at radius 1 is 1.10 bits per heavy atom. The summed E-state index contributed by atoms with van der Waals surface area (Å²) in [5.74, 6) is 1.07. The first-order chi connectivity index (χ1) is 14.1. The van der Waals surface area contributed by atoms with Crippen LogP contribution in [0.4, 0.5) is 5.69 Å². The lowest BCUT2D eigenvalue weighted by atomic mass is 10.2. The summed E-state index contributed by atoms with van der Waals surface area (Å²) >= 11 is 3.51. The number of hydrogen-bond acceptors (Lipinski definition) is 4. The van der Waals surface area contributed by atoms with Crippen LogP contribution >= 0.6 is 15.9 Å². The lowest BCUT2D eigenvalue weighted by Crippen LogP contribution is -2.07. The number of nitrogens with zero attached hydrogens (tertiary/aromatic N) is 1. The molecule has 1 N–H and O–H groups in total. The molecular formula is C23H17BrN2O3. The second kappa shape index (κ2) is 8.32. The van der Waals surface area contributed by atoms with E-state index in [-0.39, 0.29) is 5.91 Å². The maximum atomic E-state index is 12.2. The Labute approximate surface area is 176 Å². The fourth-order valence-corrected chi connectivity index (χ4v) is 3.28. The van der Waals surface area contributed by atoms with Gasteiger partial charge in [0.25, 0.3) is 0 Å². The van der Waals surface area contributed by atoms with Crippen LogP contribution in [0.3, 0.4) is 0 Å². The molecule has 3 aromatic carbocycles. The zero-order chi connectivity index (χ0) is 20.2. The number of carbonyl (C=O) groups excluding carboxylic acids is 1. The molecule has 0 bridgehead atoms. The minimum absolute atomic E-state index is 0.227. The summed E-state index contributed by atoms with van der Waals surface area (Å²) in [6.07, 6.45) is 3.23. The van der Waals surface area contributed by atoms with Crippen LogP contribution in [-0.4, -0.2) is 18.0 Å². The summed E-state index contributed by atoms with van der Waals surface area (Å²) in [5, 5.41) is 2.85. The Balaban J connectivity index is 1.49. The minimum atomic E-state index is -0.227. The summed E-state index contributed by atoms with van der Waals surface area (Å²) in [7, 11) is 1.62. The summed E-state index contributed by atoms with van der Waals surface area (Å²) in [6, 6.07) is 20.6. The van der Waals surface area contributed by atoms with Gasteiger partial charge in [0.2, 0.25) is 11.8 Å². The van der Waals surface area contributed by atoms with Gasteiger partial charge in [0.05, 0.1) is 12.7 Å². The number of fused-ring (bicyclic) bond motifs is 1. The van der Waals surface area contributed by atoms with E-state index in [1.54, 1.807) is 31.4 Å². The molecular weight excluding hydrogens is 432 g/mol. The van der Waals surface area contributed by atoms with Crippen molar-refractivity contribution in [3.05, 3.63) is 82.8 Å². The molecule has 1 amide bonds. The Hall–Kier alpha value is -3.38. The Morgan fingerprint density at radius 2 is 1.90 bits per heavy atom. The fourth-order valence-electron chi connectivity index (χ4n) is 2.83. The Kier molecular flexibility index (Phi) is 5.44. The lowest BCUT2D eigenvalue weighted by molar-refractivity contribution is -0.111. The summed E-state index contributed by atoms with van der Waals surface area (Å²) in [6.45, 7) is 0. The predicted molar refractivity (Wildman–Crippen MR) is 118 cm³/mol. The van der Waals surface area contributed by atoms with Gasteiger partial charge in [0.1, 0.15) is 11.3 Å². The number of anilines is 1. The van der Waals surface area contributed by atoms with E-state index in [9.17, 15) is 4.79 Å². The molecule has 0 aliphatic heterocycles. The molecule has 1 aromatic heterocycles. The number of amides is 1. The topological polar surface area (TPSA) is 64.4 Å². The zero-order valence-electron chi connectivity index (χ0n) is 15.6. The van der Waals surface area contributed by atoms with Crippen LogP contribution < -0.4 is 10.1 Å². The maximum absolute atomic E-state index is 12.2. The average Bonchev–Trinajstić information content (AvgIpc) is 3.16. The molecule has 0 radical (unpaired) electrons. The smallest absolute Gasteiger partial charge is 0.248 e. The van der Waals surface area contributed by atoms with Gasteiger partial charge in [0.15, 0.2) is 5.58 Å². The molecule has 4 rings (SSSR count). The molecule has 0 unspecified atom stereocenters. The minimum Gasteiger partial charge on any atom is -0.497 e. The molecule has 0 saturated carbocycles. The van der Waals surface area contributed by atoms with Crippen molar-refractivity contribution in [1.29, 1.82) is 0 Å². The number of oxazole rings is 1. The van der Waals surface area contributed by atoms with Crippen molar-refractivity contribution in [1.82, 2.24) is 4.98 Å². The van der Waals surface area contributed by atoms with Crippen molar-refractivity contribution in [3.8, 4) is 17.2 Å². The van der Waals surface area contributed by atoms with Crippen LogP contribution in [0, 0.1) is 0 Å². The molecule has 144 valence electrons. The second-order valence-electron chi connectivity index (χ2n) is 6.28.